The van der Waals surface area contributed by atoms with E-state index in [1.54, 1.807) is 23.2 Å². The van der Waals surface area contributed by atoms with E-state index in [1.165, 1.54) is 0 Å². The van der Waals surface area contributed by atoms with Crippen LogP contribution < -0.4 is 10.2 Å². The van der Waals surface area contributed by atoms with Crippen LogP contribution >= 0.6 is 0 Å². The van der Waals surface area contributed by atoms with Crippen LogP contribution in [0.4, 0.5) is 5.82 Å². The summed E-state index contributed by atoms with van der Waals surface area (Å²) < 4.78 is 0. The first-order chi connectivity index (χ1) is 13.5. The zero-order chi connectivity index (χ0) is 19.7. The van der Waals surface area contributed by atoms with Gasteiger partial charge in [0.15, 0.2) is 0 Å². The lowest BCUT2D eigenvalue weighted by atomic mass is 9.71. The van der Waals surface area contributed by atoms with Gasteiger partial charge in [-0.15, -0.1) is 0 Å². The zero-order valence-electron chi connectivity index (χ0n) is 16.3. The van der Waals surface area contributed by atoms with Gasteiger partial charge in [-0.2, -0.15) is 0 Å². The predicted octanol–water partition coefficient (Wildman–Crippen LogP) is 2.58. The third kappa shape index (κ3) is 3.48. The van der Waals surface area contributed by atoms with E-state index >= 15 is 0 Å². The molecule has 1 aliphatic heterocycles. The first-order valence-corrected chi connectivity index (χ1v) is 9.83. The van der Waals surface area contributed by atoms with E-state index in [2.05, 4.69) is 20.3 Å². The number of aromatic nitrogens is 3. The number of nitrogens with zero attached hydrogens (tertiary/aromatic N) is 4. The second kappa shape index (κ2) is 7.30. The number of hydrogen-bond donors (Lipinski definition) is 1. The van der Waals surface area contributed by atoms with Crippen LogP contribution in [0, 0.1) is 19.3 Å². The van der Waals surface area contributed by atoms with Gasteiger partial charge >= 0.3 is 0 Å². The quantitative estimate of drug-likeness (QED) is 0.886. The lowest BCUT2D eigenvalue weighted by molar-refractivity contribution is -0.127. The van der Waals surface area contributed by atoms with Gasteiger partial charge in [0.1, 0.15) is 17.3 Å². The summed E-state index contributed by atoms with van der Waals surface area (Å²) in [6, 6.07) is 7.20. The maximum Gasteiger partial charge on any atom is 0.270 e. The number of nitrogens with one attached hydrogen (secondary N) is 1. The summed E-state index contributed by atoms with van der Waals surface area (Å²) in [5.74, 6) is 1.29. The Labute approximate surface area is 164 Å². The van der Waals surface area contributed by atoms with E-state index in [9.17, 15) is 9.59 Å². The van der Waals surface area contributed by atoms with Crippen molar-refractivity contribution < 1.29 is 9.59 Å². The molecule has 2 aromatic rings. The lowest BCUT2D eigenvalue weighted by Gasteiger charge is -2.36. The van der Waals surface area contributed by atoms with Crippen LogP contribution in [0.15, 0.2) is 30.5 Å². The van der Waals surface area contributed by atoms with Crippen LogP contribution in [-0.2, 0) is 4.79 Å². The van der Waals surface area contributed by atoms with Crippen molar-refractivity contribution in [2.24, 2.45) is 5.41 Å². The van der Waals surface area contributed by atoms with Gasteiger partial charge < -0.3 is 5.32 Å². The molecule has 2 fully saturated rings. The van der Waals surface area contributed by atoms with Crippen molar-refractivity contribution in [3.8, 4) is 0 Å². The Hall–Kier alpha value is -2.83. The Morgan fingerprint density at radius 3 is 2.86 bits per heavy atom. The minimum absolute atomic E-state index is 0.0143. The molecule has 1 spiro atoms. The normalized spacial score (nSPS) is 24.6. The maximum absolute atomic E-state index is 13.3. The average molecular weight is 379 g/mol. The van der Waals surface area contributed by atoms with Crippen LogP contribution in [0.3, 0.4) is 0 Å². The highest BCUT2D eigenvalue weighted by Crippen LogP contribution is 2.45. The molecule has 7 heteroatoms. The largest absolute Gasteiger partial charge is 0.348 e. The van der Waals surface area contributed by atoms with Crippen LogP contribution in [0.2, 0.25) is 0 Å². The Bertz CT molecular complexity index is 915. The summed E-state index contributed by atoms with van der Waals surface area (Å²) in [4.78, 5) is 40.5. The van der Waals surface area contributed by atoms with Gasteiger partial charge in [-0.3, -0.25) is 14.5 Å². The zero-order valence-corrected chi connectivity index (χ0v) is 16.3. The average Bonchev–Trinajstić information content (AvgIpc) is 2.97. The molecule has 2 aliphatic rings. The van der Waals surface area contributed by atoms with Crippen LogP contribution in [0.25, 0.3) is 0 Å². The van der Waals surface area contributed by atoms with Gasteiger partial charge in [0.05, 0.1) is 5.41 Å². The molecule has 28 heavy (non-hydrogen) atoms. The van der Waals surface area contributed by atoms with E-state index < -0.39 is 5.41 Å². The number of hydrogen-bond acceptors (Lipinski definition) is 5. The third-order valence-corrected chi connectivity index (χ3v) is 5.85. The van der Waals surface area contributed by atoms with Crippen LogP contribution in [0.5, 0.6) is 0 Å². The highest BCUT2D eigenvalue weighted by atomic mass is 16.2. The molecule has 4 rings (SSSR count). The summed E-state index contributed by atoms with van der Waals surface area (Å²) in [5, 5.41) is 3.10. The minimum Gasteiger partial charge on any atom is -0.348 e. The molecule has 3 heterocycles. The van der Waals surface area contributed by atoms with Crippen LogP contribution in [-0.4, -0.2) is 39.4 Å². The lowest BCUT2D eigenvalue weighted by Crippen LogP contribution is -2.46. The predicted molar refractivity (Wildman–Crippen MR) is 105 cm³/mol. The van der Waals surface area contributed by atoms with Crippen molar-refractivity contribution >= 4 is 17.6 Å². The summed E-state index contributed by atoms with van der Waals surface area (Å²) in [6.45, 7) is 4.35. The molecule has 2 atom stereocenters. The summed E-state index contributed by atoms with van der Waals surface area (Å²) in [6.07, 6.45) is 5.83. The molecule has 1 saturated carbocycles. The number of anilines is 1. The van der Waals surface area contributed by atoms with Gasteiger partial charge in [-0.25, -0.2) is 15.0 Å². The fourth-order valence-electron chi connectivity index (χ4n) is 4.47. The number of pyridine rings is 1. The molecular weight excluding hydrogens is 354 g/mol. The summed E-state index contributed by atoms with van der Waals surface area (Å²) in [7, 11) is 0. The molecule has 1 N–H and O–H groups in total. The van der Waals surface area contributed by atoms with E-state index in [0.717, 1.165) is 31.4 Å². The fraction of sp³-hybridized carbons (Fsp3) is 0.476. The molecule has 7 nitrogen and oxygen atoms in total. The van der Waals surface area contributed by atoms with Crippen molar-refractivity contribution in [1.29, 1.82) is 0 Å². The molecule has 2 aromatic heterocycles. The number of carbonyl (C=O) groups excluding carboxylic acids is 2. The first-order valence-electron chi connectivity index (χ1n) is 9.83. The molecule has 2 unspecified atom stereocenters. The van der Waals surface area contributed by atoms with Crippen molar-refractivity contribution in [3.63, 3.8) is 0 Å². The van der Waals surface area contributed by atoms with Gasteiger partial charge in [-0.05, 0) is 57.7 Å². The van der Waals surface area contributed by atoms with E-state index in [-0.39, 0.29) is 17.9 Å². The van der Waals surface area contributed by atoms with Crippen LogP contribution in [0.1, 0.15) is 54.1 Å². The molecule has 1 saturated heterocycles. The molecule has 0 radical (unpaired) electrons. The molecule has 0 bridgehead atoms. The maximum atomic E-state index is 13.3. The number of amides is 2. The van der Waals surface area contributed by atoms with Gasteiger partial charge in [-0.1, -0.05) is 12.5 Å². The Kier molecular flexibility index (Phi) is 4.83. The monoisotopic (exact) mass is 379 g/mol. The first kappa shape index (κ1) is 18.5. The van der Waals surface area contributed by atoms with E-state index in [0.29, 0.717) is 30.3 Å². The topological polar surface area (TPSA) is 88.1 Å². The third-order valence-electron chi connectivity index (χ3n) is 5.85. The van der Waals surface area contributed by atoms with Gasteiger partial charge in [0.25, 0.3) is 5.91 Å². The second-order valence-corrected chi connectivity index (χ2v) is 7.88. The molecule has 1 aliphatic carbocycles. The molecule has 2 amide bonds. The van der Waals surface area contributed by atoms with Gasteiger partial charge in [0.2, 0.25) is 5.91 Å². The molecular formula is C21H25N5O2. The summed E-state index contributed by atoms with van der Waals surface area (Å²) in [5.41, 5.74) is 0.833. The van der Waals surface area contributed by atoms with Crippen molar-refractivity contribution in [3.05, 3.63) is 47.7 Å². The molecule has 0 aromatic carbocycles. The molecule has 146 valence electrons. The highest BCUT2D eigenvalue weighted by Gasteiger charge is 2.50. The Morgan fingerprint density at radius 2 is 2.07 bits per heavy atom. The summed E-state index contributed by atoms with van der Waals surface area (Å²) >= 11 is 0. The Morgan fingerprint density at radius 1 is 1.21 bits per heavy atom. The number of rotatable bonds is 3. The fourth-order valence-corrected chi connectivity index (χ4v) is 4.47. The minimum atomic E-state index is -0.408. The van der Waals surface area contributed by atoms with Crippen molar-refractivity contribution in [1.82, 2.24) is 20.3 Å². The number of carbonyl (C=O) groups is 2. The Balaban J connectivity index is 1.47. The number of aryl methyl sites for hydroxylation is 2. The van der Waals surface area contributed by atoms with E-state index in [1.807, 2.05) is 26.0 Å². The van der Waals surface area contributed by atoms with E-state index in [4.69, 9.17) is 0 Å². The second-order valence-electron chi connectivity index (χ2n) is 7.88. The van der Waals surface area contributed by atoms with Crippen molar-refractivity contribution in [2.45, 2.75) is 52.0 Å². The van der Waals surface area contributed by atoms with Crippen molar-refractivity contribution in [2.75, 3.05) is 11.4 Å². The SMILES string of the molecule is Cc1cccc(C(=O)NC2CCCC3(CCN(c4ccnc(C)n4)C3=O)C2)n1. The smallest absolute Gasteiger partial charge is 0.270 e. The standard InChI is InChI=1S/C21H25N5O2/c1-14-5-3-7-17(23-14)19(27)25-16-6-4-9-21(13-16)10-12-26(20(21)28)18-8-11-22-15(2)24-18/h3,5,7-8,11,16H,4,6,9-10,12-13H2,1-2H3,(H,25,27). The highest BCUT2D eigenvalue weighted by molar-refractivity contribution is 5.99. The van der Waals surface area contributed by atoms with Gasteiger partial charge in [0, 0.05) is 24.5 Å².